The summed E-state index contributed by atoms with van der Waals surface area (Å²) in [6.45, 7) is 3.88. The molecule has 0 bridgehead atoms. The third kappa shape index (κ3) is 4.54. The predicted molar refractivity (Wildman–Crippen MR) is 123 cm³/mol. The molecular formula is C24H36FN4O2+. The maximum absolute atomic E-state index is 14.8. The molecule has 0 radical (unpaired) electrons. The molecule has 6 nitrogen and oxygen atoms in total. The number of nitrogens with one attached hydrogen (secondary N) is 1. The summed E-state index contributed by atoms with van der Waals surface area (Å²) in [6, 6.07) is 5.64. The monoisotopic (exact) mass is 431 g/mol. The third-order valence-electron chi connectivity index (χ3n) is 7.20. The minimum absolute atomic E-state index is 0.132. The minimum Gasteiger partial charge on any atom is -0.494 e. The van der Waals surface area contributed by atoms with Crippen LogP contribution in [0.4, 0.5) is 10.1 Å². The van der Waals surface area contributed by atoms with E-state index >= 15 is 0 Å². The van der Waals surface area contributed by atoms with Crippen LogP contribution in [0.15, 0.2) is 28.2 Å². The zero-order valence-corrected chi connectivity index (χ0v) is 18.8. The molecule has 170 valence electrons. The van der Waals surface area contributed by atoms with Crippen molar-refractivity contribution in [3.05, 3.63) is 24.0 Å². The first-order valence-corrected chi connectivity index (χ1v) is 11.8. The Balaban J connectivity index is 1.71. The molecule has 31 heavy (non-hydrogen) atoms. The summed E-state index contributed by atoms with van der Waals surface area (Å²) in [6.07, 6.45) is 12.4. The molecule has 1 aromatic carbocycles. The van der Waals surface area contributed by atoms with E-state index in [0.29, 0.717) is 18.6 Å². The normalized spacial score (nSPS) is 29.9. The molecule has 1 aromatic rings. The fourth-order valence-corrected chi connectivity index (χ4v) is 5.60. The van der Waals surface area contributed by atoms with Crippen LogP contribution < -0.4 is 14.5 Å². The lowest BCUT2D eigenvalue weighted by molar-refractivity contribution is -0.0539. The van der Waals surface area contributed by atoms with Gasteiger partial charge in [-0.2, -0.15) is 14.5 Å². The molecule has 7 heteroatoms. The molecule has 4 unspecified atom stereocenters. The molecule has 1 saturated heterocycles. The molecule has 4 atom stereocenters. The Bertz CT molecular complexity index is 790. The fourth-order valence-electron chi connectivity index (χ4n) is 5.60. The van der Waals surface area contributed by atoms with Crippen molar-refractivity contribution in [2.75, 3.05) is 20.3 Å². The van der Waals surface area contributed by atoms with Crippen LogP contribution in [0.5, 0.6) is 5.75 Å². The number of aliphatic imine (C=N–C) groups is 2. The summed E-state index contributed by atoms with van der Waals surface area (Å²) >= 11 is 0. The second-order valence-electron chi connectivity index (χ2n) is 9.02. The highest BCUT2D eigenvalue weighted by Gasteiger charge is 2.51. The van der Waals surface area contributed by atoms with Gasteiger partial charge in [0.2, 0.25) is 6.34 Å². The van der Waals surface area contributed by atoms with Gasteiger partial charge < -0.3 is 14.8 Å². The number of rotatable bonds is 8. The zero-order chi connectivity index (χ0) is 21.7. The smallest absolute Gasteiger partial charge is 0.306 e. The molecule has 0 amide bonds. The Morgan fingerprint density at radius 3 is 2.71 bits per heavy atom. The first-order chi connectivity index (χ1) is 15.2. The van der Waals surface area contributed by atoms with E-state index in [1.54, 1.807) is 18.5 Å². The number of hydrogen-bond acceptors (Lipinski definition) is 5. The average molecular weight is 432 g/mol. The van der Waals surface area contributed by atoms with Crippen LogP contribution in [-0.4, -0.2) is 51.4 Å². The number of benzene rings is 1. The second-order valence-corrected chi connectivity index (χ2v) is 9.02. The quantitative estimate of drug-likeness (QED) is 0.611. The number of methoxy groups -OCH3 is 1. The molecule has 1 aliphatic carbocycles. The largest absolute Gasteiger partial charge is 0.494 e. The third-order valence-corrected chi connectivity index (χ3v) is 7.20. The molecule has 2 aliphatic heterocycles. The van der Waals surface area contributed by atoms with Gasteiger partial charge in [0, 0.05) is 12.1 Å². The molecule has 2 fully saturated rings. The van der Waals surface area contributed by atoms with Crippen molar-refractivity contribution < 1.29 is 13.9 Å². The van der Waals surface area contributed by atoms with Crippen LogP contribution in [0.25, 0.3) is 0 Å². The Labute approximate surface area is 185 Å². The average Bonchev–Trinajstić information content (AvgIpc) is 3.34. The number of ether oxygens (including phenoxy) is 2. The van der Waals surface area contributed by atoms with Gasteiger partial charge in [0.1, 0.15) is 18.1 Å². The Morgan fingerprint density at radius 2 is 2.03 bits per heavy atom. The summed E-state index contributed by atoms with van der Waals surface area (Å²) < 4.78 is 26.8. The number of quaternary nitrogens is 1. The lowest BCUT2D eigenvalue weighted by atomic mass is 9.90. The molecular weight excluding hydrogens is 395 g/mol. The molecule has 2 heterocycles. The molecule has 0 aromatic heterocycles. The topological polar surface area (TPSA) is 55.2 Å². The lowest BCUT2D eigenvalue weighted by Gasteiger charge is -2.46. The van der Waals surface area contributed by atoms with Gasteiger partial charge in [-0.1, -0.05) is 26.2 Å². The van der Waals surface area contributed by atoms with E-state index in [1.807, 2.05) is 12.4 Å². The zero-order valence-electron chi connectivity index (χ0n) is 18.8. The molecule has 0 spiro atoms. The SMILES string of the molecule is CCC(C1CCCN1)[N+]1(c2ccc(OC)c(F)c2)C=NC=NC1OCC1CCCCC1. The van der Waals surface area contributed by atoms with E-state index < -0.39 is 6.35 Å². The van der Waals surface area contributed by atoms with Gasteiger partial charge in [0.25, 0.3) is 0 Å². The van der Waals surface area contributed by atoms with Crippen molar-refractivity contribution in [2.45, 2.75) is 76.7 Å². The maximum Gasteiger partial charge on any atom is 0.306 e. The summed E-state index contributed by atoms with van der Waals surface area (Å²) in [4.78, 5) is 9.16. The van der Waals surface area contributed by atoms with Crippen LogP contribution in [0, 0.1) is 11.7 Å². The van der Waals surface area contributed by atoms with Gasteiger partial charge in [-0.15, -0.1) is 0 Å². The summed E-state index contributed by atoms with van der Waals surface area (Å²) in [7, 11) is 1.49. The van der Waals surface area contributed by atoms with Gasteiger partial charge in [-0.25, -0.2) is 4.39 Å². The van der Waals surface area contributed by atoms with Crippen molar-refractivity contribution in [2.24, 2.45) is 15.9 Å². The number of halogens is 1. The van der Waals surface area contributed by atoms with Crippen LogP contribution in [-0.2, 0) is 4.74 Å². The Hall–Kier alpha value is -1.83. The van der Waals surface area contributed by atoms with Crippen LogP contribution in [0.1, 0.15) is 58.3 Å². The van der Waals surface area contributed by atoms with Crippen molar-refractivity contribution in [1.82, 2.24) is 9.80 Å². The van der Waals surface area contributed by atoms with E-state index in [4.69, 9.17) is 14.5 Å². The van der Waals surface area contributed by atoms with E-state index in [0.717, 1.165) is 31.5 Å². The van der Waals surface area contributed by atoms with Gasteiger partial charge in [-0.05, 0) is 50.6 Å². The number of nitrogens with zero attached hydrogens (tertiary/aromatic N) is 3. The minimum atomic E-state index is -0.473. The van der Waals surface area contributed by atoms with Gasteiger partial charge in [0.05, 0.1) is 19.8 Å². The number of hydrogen-bond donors (Lipinski definition) is 1. The standard InChI is InChI=1S/C24H36FN4O2/c1-3-22(21-10-7-13-27-21)29(19-11-12-23(30-2)20(25)14-19)17-26-16-28-24(29)31-15-18-8-5-4-6-9-18/h11-12,14,16-18,21-22,24,27H,3-10,13,15H2,1-2H3/q+1. The van der Waals surface area contributed by atoms with E-state index in [1.165, 1.54) is 39.2 Å². The van der Waals surface area contributed by atoms with Crippen molar-refractivity contribution >= 4 is 18.4 Å². The molecule has 3 aliphatic rings. The van der Waals surface area contributed by atoms with E-state index in [9.17, 15) is 4.39 Å². The van der Waals surface area contributed by atoms with Crippen LogP contribution >= 0.6 is 0 Å². The van der Waals surface area contributed by atoms with Gasteiger partial charge in [-0.3, -0.25) is 0 Å². The van der Waals surface area contributed by atoms with Crippen molar-refractivity contribution in [3.63, 3.8) is 0 Å². The lowest BCUT2D eigenvalue weighted by Crippen LogP contribution is -2.68. The molecule has 1 saturated carbocycles. The highest BCUT2D eigenvalue weighted by Crippen LogP contribution is 2.38. The summed E-state index contributed by atoms with van der Waals surface area (Å²) in [5, 5.41) is 3.66. The van der Waals surface area contributed by atoms with E-state index in [-0.39, 0.29) is 22.1 Å². The molecule has 4 rings (SSSR count). The Kier molecular flexibility index (Phi) is 7.35. The summed E-state index contributed by atoms with van der Waals surface area (Å²) in [5.41, 5.74) is 0.799. The first kappa shape index (κ1) is 22.4. The second kappa shape index (κ2) is 10.2. The highest BCUT2D eigenvalue weighted by atomic mass is 19.1. The highest BCUT2D eigenvalue weighted by molar-refractivity contribution is 5.84. The summed E-state index contributed by atoms with van der Waals surface area (Å²) in [5.74, 6) is 0.439. The first-order valence-electron chi connectivity index (χ1n) is 11.8. The van der Waals surface area contributed by atoms with Crippen LogP contribution in [0.2, 0.25) is 0 Å². The maximum atomic E-state index is 14.8. The van der Waals surface area contributed by atoms with E-state index in [2.05, 4.69) is 17.2 Å². The van der Waals surface area contributed by atoms with Crippen LogP contribution in [0.3, 0.4) is 0 Å². The van der Waals surface area contributed by atoms with Gasteiger partial charge >= 0.3 is 6.35 Å². The Morgan fingerprint density at radius 1 is 1.19 bits per heavy atom. The van der Waals surface area contributed by atoms with Crippen molar-refractivity contribution in [3.8, 4) is 5.75 Å². The van der Waals surface area contributed by atoms with Crippen molar-refractivity contribution in [1.29, 1.82) is 0 Å². The molecule has 1 N–H and O–H groups in total. The van der Waals surface area contributed by atoms with Gasteiger partial charge in [0.15, 0.2) is 11.6 Å². The predicted octanol–water partition coefficient (Wildman–Crippen LogP) is 4.62. The fraction of sp³-hybridized carbons (Fsp3) is 0.667.